The van der Waals surface area contributed by atoms with Gasteiger partial charge in [-0.1, -0.05) is 18.2 Å². The van der Waals surface area contributed by atoms with E-state index in [1.54, 1.807) is 4.68 Å². The molecule has 2 aromatic rings. The van der Waals surface area contributed by atoms with E-state index in [2.05, 4.69) is 22.1 Å². The average Bonchev–Trinajstić information content (AvgIpc) is 2.86. The van der Waals surface area contributed by atoms with Gasteiger partial charge in [0.15, 0.2) is 5.69 Å². The number of piperazine rings is 1. The van der Waals surface area contributed by atoms with Crippen molar-refractivity contribution >= 4 is 11.6 Å². The van der Waals surface area contributed by atoms with Gasteiger partial charge >= 0.3 is 0 Å². The van der Waals surface area contributed by atoms with Crippen molar-refractivity contribution in [2.24, 2.45) is 7.05 Å². The summed E-state index contributed by atoms with van der Waals surface area (Å²) >= 11 is 0. The molecule has 3 rings (SSSR count). The minimum Gasteiger partial charge on any atom is -0.368 e. The van der Waals surface area contributed by atoms with Crippen LogP contribution < -0.4 is 4.90 Å². The first-order chi connectivity index (χ1) is 10.1. The van der Waals surface area contributed by atoms with Crippen molar-refractivity contribution in [1.29, 1.82) is 0 Å². The maximum Gasteiger partial charge on any atom is 0.274 e. The largest absolute Gasteiger partial charge is 0.368 e. The zero-order chi connectivity index (χ0) is 14.8. The third-order valence-electron chi connectivity index (χ3n) is 3.90. The summed E-state index contributed by atoms with van der Waals surface area (Å²) in [4.78, 5) is 16.7. The van der Waals surface area contributed by atoms with E-state index in [0.717, 1.165) is 31.7 Å². The highest BCUT2D eigenvalue weighted by Crippen LogP contribution is 2.17. The fourth-order valence-electron chi connectivity index (χ4n) is 2.77. The summed E-state index contributed by atoms with van der Waals surface area (Å²) in [5, 5.41) is 4.27. The van der Waals surface area contributed by atoms with E-state index in [9.17, 15) is 4.79 Å². The smallest absolute Gasteiger partial charge is 0.274 e. The standard InChI is InChI=1S/C16H20N4O/c1-13-12-18(2)17-15(13)16(21)20-10-8-19(9-11-20)14-6-4-3-5-7-14/h3-7,12H,8-11H2,1-2H3. The Balaban J connectivity index is 1.66. The number of hydrogen-bond acceptors (Lipinski definition) is 3. The van der Waals surface area contributed by atoms with Gasteiger partial charge in [0.1, 0.15) is 0 Å². The minimum atomic E-state index is 0.0424. The van der Waals surface area contributed by atoms with Crippen LogP contribution in [0.3, 0.4) is 0 Å². The first kappa shape index (κ1) is 13.7. The number of hydrogen-bond donors (Lipinski definition) is 0. The Hall–Kier alpha value is -2.30. The summed E-state index contributed by atoms with van der Waals surface area (Å²) < 4.78 is 1.70. The van der Waals surface area contributed by atoms with E-state index in [1.807, 2.05) is 43.3 Å². The van der Waals surface area contributed by atoms with Crippen LogP contribution in [0.1, 0.15) is 16.1 Å². The van der Waals surface area contributed by atoms with Crippen LogP contribution in [-0.2, 0) is 7.05 Å². The van der Waals surface area contributed by atoms with Gasteiger partial charge in [-0.15, -0.1) is 0 Å². The normalized spacial score (nSPS) is 15.3. The Morgan fingerprint density at radius 1 is 1.10 bits per heavy atom. The molecule has 0 N–H and O–H groups in total. The molecule has 1 saturated heterocycles. The van der Waals surface area contributed by atoms with E-state index in [4.69, 9.17) is 0 Å². The van der Waals surface area contributed by atoms with Crippen molar-refractivity contribution in [3.63, 3.8) is 0 Å². The summed E-state index contributed by atoms with van der Waals surface area (Å²) in [6, 6.07) is 10.3. The molecule has 1 aromatic carbocycles. The van der Waals surface area contributed by atoms with Crippen molar-refractivity contribution in [3.05, 3.63) is 47.8 Å². The molecule has 1 aliphatic rings. The lowest BCUT2D eigenvalue weighted by atomic mass is 10.2. The van der Waals surface area contributed by atoms with Crippen molar-refractivity contribution in [2.45, 2.75) is 6.92 Å². The minimum absolute atomic E-state index is 0.0424. The zero-order valence-corrected chi connectivity index (χ0v) is 12.5. The number of amides is 1. The van der Waals surface area contributed by atoms with Crippen molar-refractivity contribution in [3.8, 4) is 0 Å². The van der Waals surface area contributed by atoms with E-state index in [0.29, 0.717) is 5.69 Å². The van der Waals surface area contributed by atoms with E-state index < -0.39 is 0 Å². The summed E-state index contributed by atoms with van der Waals surface area (Å²) in [6.45, 7) is 5.14. The third kappa shape index (κ3) is 2.77. The molecule has 1 amide bonds. The molecule has 2 heterocycles. The molecule has 5 nitrogen and oxygen atoms in total. The average molecular weight is 284 g/mol. The summed E-state index contributed by atoms with van der Waals surface area (Å²) in [6.07, 6.45) is 1.88. The monoisotopic (exact) mass is 284 g/mol. The molecule has 0 radical (unpaired) electrons. The Morgan fingerprint density at radius 3 is 2.33 bits per heavy atom. The Bertz CT molecular complexity index is 627. The van der Waals surface area contributed by atoms with Gasteiger partial charge in [0.25, 0.3) is 5.91 Å². The Labute approximate surface area is 124 Å². The fourth-order valence-corrected chi connectivity index (χ4v) is 2.77. The summed E-state index contributed by atoms with van der Waals surface area (Å²) in [7, 11) is 1.84. The molecule has 0 bridgehead atoms. The number of aromatic nitrogens is 2. The lowest BCUT2D eigenvalue weighted by Gasteiger charge is -2.35. The van der Waals surface area contributed by atoms with Crippen LogP contribution in [0.5, 0.6) is 0 Å². The van der Waals surface area contributed by atoms with Crippen molar-refractivity contribution in [2.75, 3.05) is 31.1 Å². The molecule has 1 aliphatic heterocycles. The van der Waals surface area contributed by atoms with E-state index >= 15 is 0 Å². The molecule has 0 spiro atoms. The third-order valence-corrected chi connectivity index (χ3v) is 3.90. The highest BCUT2D eigenvalue weighted by Gasteiger charge is 2.24. The maximum atomic E-state index is 12.5. The van der Waals surface area contributed by atoms with Crippen molar-refractivity contribution in [1.82, 2.24) is 14.7 Å². The first-order valence-corrected chi connectivity index (χ1v) is 7.24. The number of benzene rings is 1. The number of carbonyl (C=O) groups excluding carboxylic acids is 1. The zero-order valence-electron chi connectivity index (χ0n) is 12.5. The van der Waals surface area contributed by atoms with E-state index in [-0.39, 0.29) is 5.91 Å². The van der Waals surface area contributed by atoms with Crippen molar-refractivity contribution < 1.29 is 4.79 Å². The number of aryl methyl sites for hydroxylation is 2. The second kappa shape index (κ2) is 5.60. The van der Waals surface area contributed by atoms with Gasteiger partial charge in [-0.05, 0) is 19.1 Å². The maximum absolute atomic E-state index is 12.5. The van der Waals surface area contributed by atoms with E-state index in [1.165, 1.54) is 5.69 Å². The van der Waals surface area contributed by atoms with Crippen LogP contribution in [-0.4, -0.2) is 46.8 Å². The second-order valence-corrected chi connectivity index (χ2v) is 5.45. The van der Waals surface area contributed by atoms with Gasteiger partial charge in [-0.25, -0.2) is 0 Å². The van der Waals surface area contributed by atoms with Gasteiger partial charge in [0.05, 0.1) is 0 Å². The molecule has 110 valence electrons. The highest BCUT2D eigenvalue weighted by atomic mass is 16.2. The quantitative estimate of drug-likeness (QED) is 0.842. The van der Waals surface area contributed by atoms with Crippen LogP contribution in [0.25, 0.3) is 0 Å². The molecule has 0 atom stereocenters. The Kier molecular flexibility index (Phi) is 3.64. The molecule has 0 saturated carbocycles. The molecular weight excluding hydrogens is 264 g/mol. The molecule has 21 heavy (non-hydrogen) atoms. The van der Waals surface area contributed by atoms with Gasteiger partial charge in [-0.3, -0.25) is 9.48 Å². The van der Waals surface area contributed by atoms with Gasteiger partial charge in [0.2, 0.25) is 0 Å². The van der Waals surface area contributed by atoms with Gasteiger partial charge in [0, 0.05) is 50.7 Å². The van der Waals surface area contributed by atoms with Gasteiger partial charge in [-0.2, -0.15) is 5.10 Å². The first-order valence-electron chi connectivity index (χ1n) is 7.24. The van der Waals surface area contributed by atoms with Crippen LogP contribution in [0.4, 0.5) is 5.69 Å². The SMILES string of the molecule is Cc1cn(C)nc1C(=O)N1CCN(c2ccccc2)CC1. The second-order valence-electron chi connectivity index (χ2n) is 5.45. The lowest BCUT2D eigenvalue weighted by molar-refractivity contribution is 0.0739. The number of nitrogens with zero attached hydrogens (tertiary/aromatic N) is 4. The lowest BCUT2D eigenvalue weighted by Crippen LogP contribution is -2.49. The fraction of sp³-hybridized carbons (Fsp3) is 0.375. The number of rotatable bonds is 2. The van der Waals surface area contributed by atoms with Gasteiger partial charge < -0.3 is 9.80 Å². The van der Waals surface area contributed by atoms with Crippen LogP contribution in [0, 0.1) is 6.92 Å². The number of para-hydroxylation sites is 1. The molecule has 0 aliphatic carbocycles. The molecule has 5 heteroatoms. The molecular formula is C16H20N4O. The topological polar surface area (TPSA) is 41.4 Å². The summed E-state index contributed by atoms with van der Waals surface area (Å²) in [5.74, 6) is 0.0424. The van der Waals surface area contributed by atoms with Crippen LogP contribution >= 0.6 is 0 Å². The number of carbonyl (C=O) groups is 1. The molecule has 1 fully saturated rings. The van der Waals surface area contributed by atoms with Crippen LogP contribution in [0.15, 0.2) is 36.5 Å². The highest BCUT2D eigenvalue weighted by molar-refractivity contribution is 5.93. The molecule has 0 unspecified atom stereocenters. The Morgan fingerprint density at radius 2 is 1.76 bits per heavy atom. The predicted molar refractivity (Wildman–Crippen MR) is 82.5 cm³/mol. The number of anilines is 1. The predicted octanol–water partition coefficient (Wildman–Crippen LogP) is 1.69. The summed E-state index contributed by atoms with van der Waals surface area (Å²) in [5.41, 5.74) is 2.73. The molecule has 1 aromatic heterocycles. The van der Waals surface area contributed by atoms with Crippen LogP contribution in [0.2, 0.25) is 0 Å².